The van der Waals surface area contributed by atoms with Crippen LogP contribution in [0.25, 0.3) is 179 Å². The van der Waals surface area contributed by atoms with E-state index in [0.29, 0.717) is 165 Å². The molecule has 4 aromatic carbocycles. The number of anilines is 4. The van der Waals surface area contributed by atoms with Gasteiger partial charge in [-0.05, 0) is 137 Å². The monoisotopic (exact) mass is 1940 g/mol. The summed E-state index contributed by atoms with van der Waals surface area (Å²) >= 11 is 0. The zero-order chi connectivity index (χ0) is 99.4. The van der Waals surface area contributed by atoms with Crippen LogP contribution in [-0.4, -0.2) is 292 Å². The standard InChI is InChI=1S/C27H27N9O2.C26H26N10O2.C23H21N9O2.C21H18N8O3S/c1-28-27(38)19-4-3-5-21-22(19)33-25(32-21)23-20-11-17(13-30-24(20)35-34-23)16-10-18(14-29-12-16)31-26(37)15-6-8-36(2)9-7-15;1-27-25(37)18-4-3-5-20-21(18)32-24(31-20)22-19-11-16(13-29-23(19)34-33-22)15-10-17(14-28-12-15)30-26(38)36-8-6-35(2)7-9-36;1-24-22(33)15-5-4-6-17-18(15)29-21(28-17)19-16-8-13(10-26-20(16)31-30-19)12-7-14(11-25-9-12)27-23(34)32(2)3;1-22-21(30)14-4-3-5-16-17(14)26-20(25-16)18-15-7-12(9-24-19(15)28-27-18)11-6-13(10-23-8-11)29-33(2,31)32/h3-5,10-15H,6-9H2,1-2H3,(H,28,38)(H,31,37)(H,32,33)(H,30,34,35);3-5,10-14H,6-9H2,1-2H3,(H,27,37)(H,30,38)(H,31,32)(H,29,33,34);4-11H,1-3H3,(H,24,33)(H,27,34)(H,28,29)(H,26,30,31);3-10,29H,1-2H3,(H,22,30)(H,25,26)(H,24,27,28). The van der Waals surface area contributed by atoms with E-state index >= 15 is 0 Å². The smallest absolute Gasteiger partial charge is 0.321 e. The van der Waals surface area contributed by atoms with Crippen molar-refractivity contribution in [3.8, 4) is 90.6 Å². The lowest BCUT2D eigenvalue weighted by Gasteiger charge is -2.32. The number of piperidine rings is 1. The van der Waals surface area contributed by atoms with Gasteiger partial charge in [0.15, 0.2) is 45.9 Å². The molecule has 0 spiro atoms. The summed E-state index contributed by atoms with van der Waals surface area (Å²) in [7, 11) is 10.4. The van der Waals surface area contributed by atoms with Gasteiger partial charge in [-0.3, -0.25) is 69.0 Å². The number of likely N-dealkylation sites (N-methyl/N-ethyl adjacent to an activating group) is 1. The first-order chi connectivity index (χ1) is 69.3. The van der Waals surface area contributed by atoms with Gasteiger partial charge in [-0.2, -0.15) is 20.4 Å². The topological polar surface area (TPSA) is 595 Å². The number of sulfonamides is 1. The van der Waals surface area contributed by atoms with Crippen molar-refractivity contribution in [2.45, 2.75) is 12.8 Å². The number of carbonyl (C=O) groups excluding carboxylic acids is 7. The summed E-state index contributed by atoms with van der Waals surface area (Å²) in [5.74, 6) is 1.33. The number of aromatic amines is 8. The van der Waals surface area contributed by atoms with Gasteiger partial charge in [0, 0.05) is 168 Å². The predicted octanol–water partition coefficient (Wildman–Crippen LogP) is 11.2. The number of hydrogen-bond acceptors (Lipinski definition) is 27. The van der Waals surface area contributed by atoms with Crippen molar-refractivity contribution in [1.82, 2.24) is 161 Å². The molecule has 720 valence electrons. The molecule has 0 saturated carbocycles. The number of hydrogen-bond donors (Lipinski definition) is 16. The normalized spacial score (nSPS) is 13.0. The second-order valence-corrected chi connectivity index (χ2v) is 35.8. The van der Waals surface area contributed by atoms with Crippen LogP contribution in [0.15, 0.2) is 196 Å². The Morgan fingerprint density at radius 3 is 0.972 bits per heavy atom. The number of rotatable bonds is 18. The first-order valence-corrected chi connectivity index (χ1v) is 46.9. The zero-order valence-corrected chi connectivity index (χ0v) is 79.1. The summed E-state index contributed by atoms with van der Waals surface area (Å²) in [5, 5.41) is 51.6. The van der Waals surface area contributed by atoms with Crippen LogP contribution >= 0.6 is 0 Å². The summed E-state index contributed by atoms with van der Waals surface area (Å²) in [6, 6.07) is 36.2. The second kappa shape index (κ2) is 39.8. The Morgan fingerprint density at radius 2 is 0.657 bits per heavy atom. The molecule has 0 bridgehead atoms. The maximum Gasteiger partial charge on any atom is 0.321 e. The predicted molar refractivity (Wildman–Crippen MR) is 541 cm³/mol. The highest BCUT2D eigenvalue weighted by Crippen LogP contribution is 2.38. The van der Waals surface area contributed by atoms with Crippen LogP contribution < -0.4 is 41.9 Å². The second-order valence-electron chi connectivity index (χ2n) is 34.1. The number of H-pyrrole nitrogens is 8. The highest BCUT2D eigenvalue weighted by molar-refractivity contribution is 7.92. The van der Waals surface area contributed by atoms with Crippen LogP contribution in [0.4, 0.5) is 32.3 Å². The lowest BCUT2D eigenvalue weighted by Crippen LogP contribution is -2.48. The average molecular weight is 1940 g/mol. The molecule has 0 aliphatic carbocycles. The molecule has 0 unspecified atom stereocenters. The number of imidazole rings is 4. The van der Waals surface area contributed by atoms with E-state index in [1.165, 1.54) is 11.1 Å². The zero-order valence-electron chi connectivity index (χ0n) is 78.2. The molecule has 2 fully saturated rings. The molecule has 22 rings (SSSR count). The van der Waals surface area contributed by atoms with Crippen LogP contribution in [0.3, 0.4) is 0 Å². The maximum atomic E-state index is 12.8. The molecular formula is C97H92N36O9S. The fourth-order valence-corrected chi connectivity index (χ4v) is 17.2. The van der Waals surface area contributed by atoms with Crippen molar-refractivity contribution in [3.63, 3.8) is 0 Å². The number of amides is 9. The first-order valence-electron chi connectivity index (χ1n) is 45.0. The maximum absolute atomic E-state index is 12.8. The number of nitrogens with one attached hydrogen (secondary N) is 16. The minimum absolute atomic E-state index is 0.00841. The van der Waals surface area contributed by atoms with E-state index in [2.05, 4.69) is 181 Å². The Kier molecular flexibility index (Phi) is 26.0. The Bertz CT molecular complexity index is 8220. The summed E-state index contributed by atoms with van der Waals surface area (Å²) in [5.41, 5.74) is 20.1. The number of para-hydroxylation sites is 4. The van der Waals surface area contributed by atoms with E-state index in [9.17, 15) is 42.0 Å². The number of fused-ring (bicyclic) bond motifs is 8. The molecule has 2 aliphatic rings. The van der Waals surface area contributed by atoms with Crippen molar-refractivity contribution < 1.29 is 42.0 Å². The molecule has 46 heteroatoms. The highest BCUT2D eigenvalue weighted by atomic mass is 32.2. The Balaban J connectivity index is 0.000000121. The molecule has 16 aromatic heterocycles. The minimum atomic E-state index is -3.43. The van der Waals surface area contributed by atoms with Crippen LogP contribution in [0.1, 0.15) is 54.3 Å². The fourth-order valence-electron chi connectivity index (χ4n) is 16.7. The Morgan fingerprint density at radius 1 is 0.364 bits per heavy atom. The third-order valence-corrected chi connectivity index (χ3v) is 24.8. The van der Waals surface area contributed by atoms with E-state index < -0.39 is 10.0 Å². The van der Waals surface area contributed by atoms with E-state index in [0.717, 1.165) is 117 Å². The van der Waals surface area contributed by atoms with Crippen molar-refractivity contribution in [2.24, 2.45) is 5.92 Å². The summed E-state index contributed by atoms with van der Waals surface area (Å²) < 4.78 is 25.5. The molecular weight excluding hydrogens is 1850 g/mol. The molecule has 20 aromatic rings. The van der Waals surface area contributed by atoms with Gasteiger partial charge in [-0.15, -0.1) is 0 Å². The number of pyridine rings is 8. The lowest BCUT2D eigenvalue weighted by atomic mass is 9.96. The minimum Gasteiger partial charge on any atom is -0.355 e. The van der Waals surface area contributed by atoms with Crippen LogP contribution in [0.2, 0.25) is 0 Å². The summed E-state index contributed by atoms with van der Waals surface area (Å²) in [6.07, 6.45) is 22.7. The van der Waals surface area contributed by atoms with Crippen LogP contribution in [-0.2, 0) is 14.8 Å². The summed E-state index contributed by atoms with van der Waals surface area (Å²) in [6.45, 7) is 4.92. The quantitative estimate of drug-likeness (QED) is 0.0379. The average Bonchev–Trinajstić information content (AvgIpc) is 1.63. The molecule has 9 amide bonds. The number of carbonyl (C=O) groups is 7. The molecule has 2 aliphatic heterocycles. The molecule has 45 nitrogen and oxygen atoms in total. The number of piperazine rings is 1. The number of likely N-dealkylation sites (tertiary alicyclic amines) is 1. The number of nitrogens with zero attached hydrogens (tertiary/aromatic N) is 20. The van der Waals surface area contributed by atoms with Gasteiger partial charge in [-0.1, -0.05) is 24.3 Å². The van der Waals surface area contributed by atoms with E-state index in [1.54, 1.807) is 158 Å². The van der Waals surface area contributed by atoms with Gasteiger partial charge in [0.1, 0.15) is 44.8 Å². The number of aromatic nitrogens is 24. The van der Waals surface area contributed by atoms with Crippen molar-refractivity contribution >= 4 is 163 Å². The number of urea groups is 2. The van der Waals surface area contributed by atoms with E-state index in [-0.39, 0.29) is 47.5 Å². The SMILES string of the molecule is CNC(=O)c1cccc2[nH]c(-c3[nH]nc4ncc(-c5cncc(NC(=O)C6CCN(C)CC6)c5)cc34)nc12.CNC(=O)c1cccc2[nH]c(-c3[nH]nc4ncc(-c5cncc(NC(=O)N(C)C)c5)cc34)nc12.CNC(=O)c1cccc2[nH]c(-c3[nH]nc4ncc(-c5cncc(NC(=O)N6CCN(C)CC6)c5)cc34)nc12.CNC(=O)c1cccc2[nH]c(-c3[nH]nc4ncc(-c5cncc(NS(C)(=O)=O)c5)cc34)nc12. The molecule has 2 saturated heterocycles. The first kappa shape index (κ1) is 93.4. The van der Waals surface area contributed by atoms with Gasteiger partial charge in [-0.25, -0.2) is 57.9 Å². The Hall–Kier alpha value is -18.6. The van der Waals surface area contributed by atoms with Gasteiger partial charge in [0.05, 0.1) is 120 Å². The molecule has 0 atom stereocenters. The largest absolute Gasteiger partial charge is 0.355 e. The highest BCUT2D eigenvalue weighted by Gasteiger charge is 2.28. The van der Waals surface area contributed by atoms with Gasteiger partial charge >= 0.3 is 12.1 Å². The van der Waals surface area contributed by atoms with Crippen LogP contribution in [0, 0.1) is 5.92 Å². The van der Waals surface area contributed by atoms with Gasteiger partial charge in [0.2, 0.25) is 15.9 Å². The summed E-state index contributed by atoms with van der Waals surface area (Å²) in [4.78, 5) is 161. The fraction of sp³-hybridized carbons (Fsp3) is 0.186. The van der Waals surface area contributed by atoms with E-state index in [4.69, 9.17) is 4.98 Å². The van der Waals surface area contributed by atoms with Gasteiger partial charge < -0.3 is 76.8 Å². The van der Waals surface area contributed by atoms with Crippen LogP contribution in [0.5, 0.6) is 0 Å². The van der Waals surface area contributed by atoms with Crippen molar-refractivity contribution in [2.75, 3.05) is 123 Å². The van der Waals surface area contributed by atoms with Crippen molar-refractivity contribution in [1.29, 1.82) is 0 Å². The van der Waals surface area contributed by atoms with Gasteiger partial charge in [0.25, 0.3) is 23.6 Å². The molecule has 16 N–H and O–H groups in total. The Labute approximate surface area is 811 Å². The third-order valence-electron chi connectivity index (χ3n) is 24.2. The number of benzene rings is 4. The van der Waals surface area contributed by atoms with E-state index in [1.807, 2.05) is 78.9 Å². The molecule has 18 heterocycles. The van der Waals surface area contributed by atoms with Crippen molar-refractivity contribution in [3.05, 3.63) is 218 Å². The molecule has 143 heavy (non-hydrogen) atoms. The lowest BCUT2D eigenvalue weighted by molar-refractivity contribution is -0.121. The third kappa shape index (κ3) is 19.9. The molecule has 0 radical (unpaired) electrons.